The molecule has 2 atom stereocenters. The van der Waals surface area contributed by atoms with Gasteiger partial charge in [0.15, 0.2) is 0 Å². The number of nitrogens with zero attached hydrogens (tertiary/aromatic N) is 9. The molecule has 0 bridgehead atoms. The van der Waals surface area contributed by atoms with E-state index in [1.54, 1.807) is 24.8 Å². The first-order chi connectivity index (χ1) is 24.9. The van der Waals surface area contributed by atoms with E-state index in [1.807, 2.05) is 35.6 Å². The molecule has 4 N–H and O–H groups in total. The predicted molar refractivity (Wildman–Crippen MR) is 207 cm³/mol. The van der Waals surface area contributed by atoms with E-state index in [1.165, 1.54) is 6.21 Å². The molecule has 0 fully saturated rings. The van der Waals surface area contributed by atoms with Crippen molar-refractivity contribution in [1.82, 2.24) is 19.3 Å². The SMILES string of the molecule is CC(C)Nc1cc(-n2cccn2)cc2c1C(C1=NC3=NC=NC4=NC(n5cnc6cc(N/C=C\C=N)cc(NC(C)C)c65)=C5C=CC1=C5C34)C=N2. The van der Waals surface area contributed by atoms with Gasteiger partial charge in [-0.15, -0.1) is 0 Å². The van der Waals surface area contributed by atoms with Crippen LogP contribution in [0.1, 0.15) is 39.2 Å². The van der Waals surface area contributed by atoms with Crippen molar-refractivity contribution >= 4 is 75.8 Å². The summed E-state index contributed by atoms with van der Waals surface area (Å²) in [7, 11) is 0. The number of dihydropyridines is 1. The zero-order valence-electron chi connectivity index (χ0n) is 28.5. The smallest absolute Gasteiger partial charge is 0.148 e. The molecule has 13 nitrogen and oxygen atoms in total. The Balaban J connectivity index is 1.19. The van der Waals surface area contributed by atoms with Gasteiger partial charge in [0.25, 0.3) is 0 Å². The lowest BCUT2D eigenvalue weighted by molar-refractivity contribution is 0.872. The fourth-order valence-corrected chi connectivity index (χ4v) is 7.33. The lowest BCUT2D eigenvalue weighted by Crippen LogP contribution is -2.36. The van der Waals surface area contributed by atoms with E-state index in [4.69, 9.17) is 30.4 Å². The van der Waals surface area contributed by atoms with Crippen molar-refractivity contribution in [3.8, 4) is 5.69 Å². The molecule has 0 radical (unpaired) electrons. The Morgan fingerprint density at radius 1 is 0.922 bits per heavy atom. The lowest BCUT2D eigenvalue weighted by Gasteiger charge is -2.32. The largest absolute Gasteiger partial charge is 0.382 e. The quantitative estimate of drug-likeness (QED) is 0.135. The fraction of sp³-hybridized carbons (Fsp3) is 0.211. The van der Waals surface area contributed by atoms with E-state index in [2.05, 4.69) is 88.7 Å². The molecule has 2 unspecified atom stereocenters. The Kier molecular flexibility index (Phi) is 7.09. The summed E-state index contributed by atoms with van der Waals surface area (Å²) in [6.07, 6.45) is 18.0. The van der Waals surface area contributed by atoms with Gasteiger partial charge in [-0.1, -0.05) is 12.2 Å². The van der Waals surface area contributed by atoms with Gasteiger partial charge in [0.05, 0.1) is 39.7 Å². The fourth-order valence-electron chi connectivity index (χ4n) is 7.33. The summed E-state index contributed by atoms with van der Waals surface area (Å²) in [6, 6.07) is 10.6. The second kappa shape index (κ2) is 11.8. The van der Waals surface area contributed by atoms with Crippen molar-refractivity contribution in [1.29, 1.82) is 5.41 Å². The molecule has 5 aliphatic rings. The molecular formula is C38H35N13. The maximum absolute atomic E-state index is 7.32. The van der Waals surface area contributed by atoms with Crippen LogP contribution in [0.2, 0.25) is 0 Å². The third-order valence-electron chi connectivity index (χ3n) is 9.24. The highest BCUT2D eigenvalue weighted by atomic mass is 15.3. The first-order valence-corrected chi connectivity index (χ1v) is 17.0. The molecule has 13 heteroatoms. The van der Waals surface area contributed by atoms with Crippen LogP contribution in [0.15, 0.2) is 115 Å². The van der Waals surface area contributed by atoms with Gasteiger partial charge in [0.2, 0.25) is 0 Å². The Morgan fingerprint density at radius 2 is 1.76 bits per heavy atom. The number of fused-ring (bicyclic) bond motifs is 2. The van der Waals surface area contributed by atoms with E-state index >= 15 is 0 Å². The van der Waals surface area contributed by atoms with Crippen molar-refractivity contribution in [2.24, 2.45) is 30.9 Å². The van der Waals surface area contributed by atoms with Crippen molar-refractivity contribution < 1.29 is 0 Å². The first kappa shape index (κ1) is 30.6. The number of aliphatic imine (C=N–C) groups is 5. The summed E-state index contributed by atoms with van der Waals surface area (Å²) < 4.78 is 3.91. The number of nitrogens with one attached hydrogen (secondary N) is 4. The van der Waals surface area contributed by atoms with E-state index in [0.29, 0.717) is 11.7 Å². The number of anilines is 3. The van der Waals surface area contributed by atoms with Crippen LogP contribution in [0, 0.1) is 11.3 Å². The molecule has 9 rings (SSSR count). The molecule has 0 saturated carbocycles. The van der Waals surface area contributed by atoms with Crippen LogP contribution in [0.3, 0.4) is 0 Å². The van der Waals surface area contributed by atoms with E-state index in [9.17, 15) is 0 Å². The molecule has 1 aliphatic carbocycles. The molecule has 6 heterocycles. The lowest BCUT2D eigenvalue weighted by atomic mass is 9.80. The summed E-state index contributed by atoms with van der Waals surface area (Å²) in [5.74, 6) is 1.61. The van der Waals surface area contributed by atoms with Crippen molar-refractivity contribution in [3.63, 3.8) is 0 Å². The highest BCUT2D eigenvalue weighted by Crippen LogP contribution is 2.49. The van der Waals surface area contributed by atoms with E-state index in [0.717, 1.165) is 73.3 Å². The Bertz CT molecular complexity index is 2420. The number of hydrogen-bond acceptors (Lipinski definition) is 11. The number of hydrogen-bond donors (Lipinski definition) is 4. The van der Waals surface area contributed by atoms with Crippen LogP contribution in [0.25, 0.3) is 22.5 Å². The van der Waals surface area contributed by atoms with Gasteiger partial charge in [-0.05, 0) is 69.7 Å². The van der Waals surface area contributed by atoms with Gasteiger partial charge in [-0.3, -0.25) is 9.56 Å². The van der Waals surface area contributed by atoms with Gasteiger partial charge < -0.3 is 21.4 Å². The van der Waals surface area contributed by atoms with Crippen molar-refractivity contribution in [2.75, 3.05) is 16.0 Å². The Hall–Kier alpha value is -6.50. The second-order valence-corrected chi connectivity index (χ2v) is 13.4. The topological polar surface area (TPSA) is 157 Å². The van der Waals surface area contributed by atoms with Crippen LogP contribution in [-0.4, -0.2) is 67.6 Å². The number of benzene rings is 2. The van der Waals surface area contributed by atoms with Gasteiger partial charge in [0, 0.05) is 71.2 Å². The number of aromatic nitrogens is 4. The predicted octanol–water partition coefficient (Wildman–Crippen LogP) is 6.90. The monoisotopic (exact) mass is 673 g/mol. The highest BCUT2D eigenvalue weighted by Gasteiger charge is 2.44. The van der Waals surface area contributed by atoms with E-state index < -0.39 is 0 Å². The molecule has 4 aromatic rings. The molecule has 2 aromatic heterocycles. The third kappa shape index (κ3) is 4.99. The summed E-state index contributed by atoms with van der Waals surface area (Å²) in [5.41, 5.74) is 11.4. The normalized spacial score (nSPS) is 19.7. The van der Waals surface area contributed by atoms with Gasteiger partial charge >= 0.3 is 0 Å². The van der Waals surface area contributed by atoms with Crippen LogP contribution in [0.4, 0.5) is 22.7 Å². The highest BCUT2D eigenvalue weighted by molar-refractivity contribution is 6.30. The number of imidazole rings is 1. The van der Waals surface area contributed by atoms with Gasteiger partial charge in [0.1, 0.15) is 36.1 Å². The van der Waals surface area contributed by atoms with Crippen LogP contribution in [-0.2, 0) is 0 Å². The molecular weight excluding hydrogens is 639 g/mol. The third-order valence-corrected chi connectivity index (χ3v) is 9.24. The Labute approximate surface area is 294 Å². The van der Waals surface area contributed by atoms with Gasteiger partial charge in [-0.25, -0.2) is 29.6 Å². The number of rotatable bonds is 10. The van der Waals surface area contributed by atoms with Crippen LogP contribution >= 0.6 is 0 Å². The van der Waals surface area contributed by atoms with Crippen molar-refractivity contribution in [2.45, 2.75) is 45.7 Å². The summed E-state index contributed by atoms with van der Waals surface area (Å²) in [6.45, 7) is 8.49. The maximum Gasteiger partial charge on any atom is 0.148 e. The second-order valence-electron chi connectivity index (χ2n) is 13.4. The molecule has 4 aliphatic heterocycles. The Morgan fingerprint density at radius 3 is 2.57 bits per heavy atom. The minimum Gasteiger partial charge on any atom is -0.382 e. The summed E-state index contributed by atoms with van der Waals surface area (Å²) >= 11 is 0. The zero-order valence-corrected chi connectivity index (χ0v) is 28.5. The average Bonchev–Trinajstić information content (AvgIpc) is 3.93. The minimum atomic E-state index is -0.268. The zero-order chi connectivity index (χ0) is 34.8. The molecule has 51 heavy (non-hydrogen) atoms. The molecule has 2 aromatic carbocycles. The summed E-state index contributed by atoms with van der Waals surface area (Å²) in [5, 5.41) is 22.3. The number of allylic oxidation sites excluding steroid dienone is 5. The first-order valence-electron chi connectivity index (χ1n) is 17.0. The maximum atomic E-state index is 7.32. The van der Waals surface area contributed by atoms with Crippen LogP contribution < -0.4 is 16.0 Å². The van der Waals surface area contributed by atoms with Crippen molar-refractivity contribution in [3.05, 3.63) is 95.8 Å². The standard InChI is InChI=1S/C38H35N13/c1-20(2)46-28-16-23(51-12-6-11-45-51)15-27-32(28)26(17-41-27)34-24-7-8-25-31(24)33-36(48-34)42-18-43-37(33)49-38(25)50-19-44-29-13-22(40-10-5-9-39)14-30(35(29)50)47-21(3)4/h5-21,26,33,39-40,46-47H,1-4H3/b10-5-,39-9?. The molecule has 252 valence electrons. The molecule has 0 saturated heterocycles. The molecule has 0 spiro atoms. The average molecular weight is 674 g/mol. The van der Waals surface area contributed by atoms with E-state index in [-0.39, 0.29) is 23.9 Å². The minimum absolute atomic E-state index is 0.171. The van der Waals surface area contributed by atoms with Gasteiger partial charge in [-0.2, -0.15) is 5.10 Å². The van der Waals surface area contributed by atoms with Crippen LogP contribution in [0.5, 0.6) is 0 Å². The summed E-state index contributed by atoms with van der Waals surface area (Å²) in [4.78, 5) is 29.5. The molecule has 0 amide bonds. The number of amidine groups is 2.